The minimum absolute atomic E-state index is 0.0185. The Morgan fingerprint density at radius 1 is 1.06 bits per heavy atom. The van der Waals surface area contributed by atoms with Crippen LogP contribution in [0.25, 0.3) is 22.0 Å². The lowest BCUT2D eigenvalue weighted by Crippen LogP contribution is -2.23. The van der Waals surface area contributed by atoms with Gasteiger partial charge in [0.05, 0.1) is 22.3 Å². The average Bonchev–Trinajstić information content (AvgIpc) is 2.84. The van der Waals surface area contributed by atoms with Gasteiger partial charge in [0, 0.05) is 43.5 Å². The minimum Gasteiger partial charge on any atom is -0.383 e. The first-order valence-corrected chi connectivity index (χ1v) is 10.5. The Balaban J connectivity index is 1.82. The maximum atomic E-state index is 12.5. The number of amides is 1. The number of hydrogen-bond acceptors (Lipinski definition) is 6. The molecule has 2 heterocycles. The summed E-state index contributed by atoms with van der Waals surface area (Å²) in [4.78, 5) is 22.7. The quantitative estimate of drug-likeness (QED) is 0.472. The highest BCUT2D eigenvalue weighted by molar-refractivity contribution is 6.00. The second-order valence-electron chi connectivity index (χ2n) is 8.02. The van der Waals surface area contributed by atoms with Crippen LogP contribution in [0.1, 0.15) is 34.5 Å². The van der Waals surface area contributed by atoms with Crippen molar-refractivity contribution in [2.24, 2.45) is 0 Å². The van der Waals surface area contributed by atoms with Crippen molar-refractivity contribution in [3.63, 3.8) is 0 Å². The molecule has 164 valence electrons. The van der Waals surface area contributed by atoms with E-state index in [0.717, 1.165) is 27.6 Å². The van der Waals surface area contributed by atoms with E-state index in [4.69, 9.17) is 5.73 Å². The van der Waals surface area contributed by atoms with E-state index in [1.165, 1.54) is 4.90 Å². The second-order valence-corrected chi connectivity index (χ2v) is 8.02. The molecular formula is C26H24N6O. The van der Waals surface area contributed by atoms with Gasteiger partial charge >= 0.3 is 0 Å². The molecule has 0 saturated carbocycles. The predicted octanol–water partition coefficient (Wildman–Crippen LogP) is 4.63. The molecule has 4 aromatic rings. The monoisotopic (exact) mass is 436 g/mol. The first-order chi connectivity index (χ1) is 15.9. The third-order valence-electron chi connectivity index (χ3n) is 5.54. The Labute approximate surface area is 192 Å². The van der Waals surface area contributed by atoms with E-state index < -0.39 is 0 Å². The topological polar surface area (TPSA) is 108 Å². The third kappa shape index (κ3) is 4.32. The van der Waals surface area contributed by atoms with Crippen LogP contribution < -0.4 is 11.1 Å². The standard InChI is InChI=1S/C26H24N6O/c1-16(17-7-5-4-6-8-17)31-24-20(13-27)15-29-23-10-9-18(11-21(23)24)19-12-22(25(28)30-14-19)26(33)32(2)3/h4-12,14-16H,1-3H3,(H2,28,30)(H,29,31). The number of nitrogens with one attached hydrogen (secondary N) is 1. The number of carbonyl (C=O) groups excluding carboxylic acids is 1. The number of nitriles is 1. The van der Waals surface area contributed by atoms with Crippen molar-refractivity contribution < 1.29 is 4.79 Å². The largest absolute Gasteiger partial charge is 0.383 e. The van der Waals surface area contributed by atoms with Gasteiger partial charge in [0.1, 0.15) is 11.9 Å². The van der Waals surface area contributed by atoms with Gasteiger partial charge in [-0.3, -0.25) is 9.78 Å². The van der Waals surface area contributed by atoms with E-state index in [1.54, 1.807) is 32.6 Å². The second kappa shape index (κ2) is 8.97. The lowest BCUT2D eigenvalue weighted by Gasteiger charge is -2.19. The van der Waals surface area contributed by atoms with E-state index in [1.807, 2.05) is 48.5 Å². The van der Waals surface area contributed by atoms with E-state index >= 15 is 0 Å². The van der Waals surface area contributed by atoms with Crippen LogP contribution in [0.15, 0.2) is 67.0 Å². The van der Waals surface area contributed by atoms with Crippen molar-refractivity contribution in [2.75, 3.05) is 25.1 Å². The van der Waals surface area contributed by atoms with Crippen LogP contribution in [0.2, 0.25) is 0 Å². The molecule has 0 radical (unpaired) electrons. The summed E-state index contributed by atoms with van der Waals surface area (Å²) < 4.78 is 0. The highest BCUT2D eigenvalue weighted by Gasteiger charge is 2.17. The fourth-order valence-corrected chi connectivity index (χ4v) is 3.70. The SMILES string of the molecule is CC(Nc1c(C#N)cnc2ccc(-c3cnc(N)c(C(=O)N(C)C)c3)cc12)c1ccccc1. The zero-order valence-electron chi connectivity index (χ0n) is 18.7. The molecule has 0 bridgehead atoms. The normalized spacial score (nSPS) is 11.6. The summed E-state index contributed by atoms with van der Waals surface area (Å²) in [5.41, 5.74) is 10.9. The highest BCUT2D eigenvalue weighted by atomic mass is 16.2. The molecular weight excluding hydrogens is 412 g/mol. The molecule has 4 rings (SSSR count). The van der Waals surface area contributed by atoms with Gasteiger partial charge in [0.15, 0.2) is 0 Å². The first-order valence-electron chi connectivity index (χ1n) is 10.5. The van der Waals surface area contributed by atoms with Gasteiger partial charge < -0.3 is 16.0 Å². The molecule has 0 saturated heterocycles. The zero-order valence-corrected chi connectivity index (χ0v) is 18.7. The fraction of sp³-hybridized carbons (Fsp3) is 0.154. The van der Waals surface area contributed by atoms with E-state index in [0.29, 0.717) is 16.8 Å². The summed E-state index contributed by atoms with van der Waals surface area (Å²) in [6.45, 7) is 2.05. The number of carbonyl (C=O) groups is 1. The van der Waals surface area contributed by atoms with Crippen LogP contribution in [0.4, 0.5) is 11.5 Å². The molecule has 0 aliphatic rings. The molecule has 2 aromatic carbocycles. The molecule has 0 aliphatic carbocycles. The van der Waals surface area contributed by atoms with Gasteiger partial charge in [0.2, 0.25) is 0 Å². The molecule has 0 fully saturated rings. The van der Waals surface area contributed by atoms with Crippen molar-refractivity contribution in [2.45, 2.75) is 13.0 Å². The van der Waals surface area contributed by atoms with Crippen LogP contribution >= 0.6 is 0 Å². The number of nitrogen functional groups attached to an aromatic ring is 1. The minimum atomic E-state index is -0.213. The number of nitrogens with zero attached hydrogens (tertiary/aromatic N) is 4. The summed E-state index contributed by atoms with van der Waals surface area (Å²) in [5, 5.41) is 14.0. The van der Waals surface area contributed by atoms with Crippen molar-refractivity contribution in [3.8, 4) is 17.2 Å². The van der Waals surface area contributed by atoms with Crippen molar-refractivity contribution in [3.05, 3.63) is 83.7 Å². The van der Waals surface area contributed by atoms with Gasteiger partial charge in [-0.2, -0.15) is 5.26 Å². The third-order valence-corrected chi connectivity index (χ3v) is 5.54. The number of aromatic nitrogens is 2. The molecule has 7 nitrogen and oxygen atoms in total. The molecule has 1 unspecified atom stereocenters. The summed E-state index contributed by atoms with van der Waals surface area (Å²) >= 11 is 0. The Kier molecular flexibility index (Phi) is 5.92. The molecule has 1 atom stereocenters. The zero-order chi connectivity index (χ0) is 23.5. The number of fused-ring (bicyclic) bond motifs is 1. The lowest BCUT2D eigenvalue weighted by atomic mass is 10.00. The summed E-state index contributed by atoms with van der Waals surface area (Å²) in [7, 11) is 3.34. The van der Waals surface area contributed by atoms with Crippen LogP contribution in [0.3, 0.4) is 0 Å². The van der Waals surface area contributed by atoms with Crippen LogP contribution in [0, 0.1) is 11.3 Å². The smallest absolute Gasteiger partial charge is 0.257 e. The molecule has 7 heteroatoms. The molecule has 33 heavy (non-hydrogen) atoms. The highest BCUT2D eigenvalue weighted by Crippen LogP contribution is 2.33. The van der Waals surface area contributed by atoms with Gasteiger partial charge in [-0.15, -0.1) is 0 Å². The molecule has 3 N–H and O–H groups in total. The molecule has 0 aliphatic heterocycles. The molecule has 2 aromatic heterocycles. The number of hydrogen-bond donors (Lipinski definition) is 2. The Morgan fingerprint density at radius 3 is 2.52 bits per heavy atom. The number of benzene rings is 2. The van der Waals surface area contributed by atoms with Crippen LogP contribution in [0.5, 0.6) is 0 Å². The maximum absolute atomic E-state index is 12.5. The first kappa shape index (κ1) is 21.8. The molecule has 1 amide bonds. The van der Waals surface area contributed by atoms with Gasteiger partial charge in [0.25, 0.3) is 5.91 Å². The van der Waals surface area contributed by atoms with Crippen molar-refractivity contribution in [1.82, 2.24) is 14.9 Å². The number of pyridine rings is 2. The fourth-order valence-electron chi connectivity index (χ4n) is 3.70. The number of anilines is 2. The Morgan fingerprint density at radius 2 is 1.82 bits per heavy atom. The molecule has 0 spiro atoms. The lowest BCUT2D eigenvalue weighted by molar-refractivity contribution is 0.0828. The number of rotatable bonds is 5. The Bertz CT molecular complexity index is 1380. The van der Waals surface area contributed by atoms with Gasteiger partial charge in [-0.05, 0) is 36.2 Å². The predicted molar refractivity (Wildman–Crippen MR) is 131 cm³/mol. The Hall–Kier alpha value is -4.44. The van der Waals surface area contributed by atoms with Gasteiger partial charge in [-0.1, -0.05) is 36.4 Å². The number of nitrogens with two attached hydrogens (primary N) is 1. The van der Waals surface area contributed by atoms with Crippen molar-refractivity contribution >= 4 is 28.3 Å². The van der Waals surface area contributed by atoms with Crippen LogP contribution in [-0.2, 0) is 0 Å². The van der Waals surface area contributed by atoms with Gasteiger partial charge in [-0.25, -0.2) is 4.98 Å². The van der Waals surface area contributed by atoms with Crippen LogP contribution in [-0.4, -0.2) is 34.9 Å². The van der Waals surface area contributed by atoms with E-state index in [9.17, 15) is 10.1 Å². The maximum Gasteiger partial charge on any atom is 0.257 e. The summed E-state index contributed by atoms with van der Waals surface area (Å²) in [6.07, 6.45) is 3.23. The summed E-state index contributed by atoms with van der Waals surface area (Å²) in [5.74, 6) is -0.0270. The van der Waals surface area contributed by atoms with E-state index in [2.05, 4.69) is 28.3 Å². The average molecular weight is 437 g/mol. The van der Waals surface area contributed by atoms with E-state index in [-0.39, 0.29) is 17.8 Å². The van der Waals surface area contributed by atoms with Crippen molar-refractivity contribution in [1.29, 1.82) is 5.26 Å². The summed E-state index contributed by atoms with van der Waals surface area (Å²) in [6, 6.07) is 19.8.